The number of aromatic nitrogens is 2. The molecule has 3 aromatic rings. The number of benzene rings is 2. The van der Waals surface area contributed by atoms with Crippen LogP contribution in [0.3, 0.4) is 0 Å². The second-order valence-corrected chi connectivity index (χ2v) is 5.94. The van der Waals surface area contributed by atoms with E-state index in [1.165, 1.54) is 20.2 Å². The van der Waals surface area contributed by atoms with Crippen molar-refractivity contribution in [2.45, 2.75) is 13.8 Å². The molecule has 0 fully saturated rings. The van der Waals surface area contributed by atoms with E-state index in [4.69, 9.17) is 4.74 Å². The average molecular weight is 364 g/mol. The smallest absolute Gasteiger partial charge is 0.259 e. The summed E-state index contributed by atoms with van der Waals surface area (Å²) in [6.07, 6.45) is 1.54. The number of carbonyl (C=O) groups is 2. The van der Waals surface area contributed by atoms with Crippen molar-refractivity contribution in [3.05, 3.63) is 66.0 Å². The van der Waals surface area contributed by atoms with E-state index in [0.717, 1.165) is 11.4 Å². The number of carbonyl (C=O) groups excluding carboxylic acids is 2. The maximum atomic E-state index is 12.7. The largest absolute Gasteiger partial charge is 0.495 e. The topological polar surface area (TPSA) is 85.2 Å². The number of amides is 2. The zero-order chi connectivity index (χ0) is 19.4. The number of nitrogens with zero attached hydrogens (tertiary/aromatic N) is 2. The second kappa shape index (κ2) is 7.74. The van der Waals surface area contributed by atoms with Crippen molar-refractivity contribution in [2.24, 2.45) is 0 Å². The van der Waals surface area contributed by atoms with Crippen LogP contribution >= 0.6 is 0 Å². The first-order chi connectivity index (χ1) is 13.0. The molecular weight excluding hydrogens is 344 g/mol. The molecule has 0 bridgehead atoms. The molecule has 0 unspecified atom stereocenters. The molecule has 7 nitrogen and oxygen atoms in total. The zero-order valence-electron chi connectivity index (χ0n) is 15.3. The number of ether oxygens (including phenoxy) is 1. The van der Waals surface area contributed by atoms with Gasteiger partial charge >= 0.3 is 0 Å². The number of rotatable bonds is 5. The molecule has 0 saturated heterocycles. The van der Waals surface area contributed by atoms with Gasteiger partial charge in [0.15, 0.2) is 0 Å². The van der Waals surface area contributed by atoms with Crippen LogP contribution in [0.15, 0.2) is 54.7 Å². The maximum absolute atomic E-state index is 12.7. The lowest BCUT2D eigenvalue weighted by atomic mass is 10.2. The molecule has 2 amide bonds. The molecular formula is C20H20N4O3. The zero-order valence-corrected chi connectivity index (χ0v) is 15.3. The molecule has 0 aliphatic heterocycles. The van der Waals surface area contributed by atoms with E-state index in [0.29, 0.717) is 22.7 Å². The number of hydrogen-bond donors (Lipinski definition) is 2. The summed E-state index contributed by atoms with van der Waals surface area (Å²) in [4.78, 5) is 24.0. The number of nitrogens with one attached hydrogen (secondary N) is 2. The molecule has 0 aliphatic carbocycles. The van der Waals surface area contributed by atoms with Gasteiger partial charge in [0.05, 0.1) is 35.9 Å². The van der Waals surface area contributed by atoms with Crippen molar-refractivity contribution >= 4 is 23.2 Å². The van der Waals surface area contributed by atoms with Gasteiger partial charge < -0.3 is 15.4 Å². The normalized spacial score (nSPS) is 10.3. The molecule has 138 valence electrons. The van der Waals surface area contributed by atoms with Gasteiger partial charge in [-0.3, -0.25) is 9.59 Å². The van der Waals surface area contributed by atoms with Crippen LogP contribution in [0.4, 0.5) is 11.4 Å². The maximum Gasteiger partial charge on any atom is 0.259 e. The van der Waals surface area contributed by atoms with Crippen LogP contribution in [0, 0.1) is 6.92 Å². The monoisotopic (exact) mass is 364 g/mol. The third-order valence-corrected chi connectivity index (χ3v) is 4.02. The van der Waals surface area contributed by atoms with Crippen molar-refractivity contribution in [3.8, 4) is 11.4 Å². The van der Waals surface area contributed by atoms with E-state index in [-0.39, 0.29) is 11.8 Å². The lowest BCUT2D eigenvalue weighted by Crippen LogP contribution is -2.14. The van der Waals surface area contributed by atoms with Gasteiger partial charge in [0.1, 0.15) is 5.75 Å². The van der Waals surface area contributed by atoms with E-state index >= 15 is 0 Å². The van der Waals surface area contributed by atoms with Gasteiger partial charge in [0.2, 0.25) is 5.91 Å². The molecule has 27 heavy (non-hydrogen) atoms. The SMILES string of the molecule is COc1ccc(NC(=O)c2cnn(-c3ccccc3)c2C)cc1NC(C)=O. The Kier molecular flexibility index (Phi) is 5.21. The fourth-order valence-corrected chi connectivity index (χ4v) is 2.73. The Morgan fingerprint density at radius 1 is 1.07 bits per heavy atom. The van der Waals surface area contributed by atoms with Gasteiger partial charge in [-0.1, -0.05) is 18.2 Å². The first kappa shape index (κ1) is 18.2. The Bertz CT molecular complexity index is 980. The van der Waals surface area contributed by atoms with E-state index in [9.17, 15) is 9.59 Å². The molecule has 2 aromatic carbocycles. The predicted molar refractivity (Wildman–Crippen MR) is 104 cm³/mol. The minimum absolute atomic E-state index is 0.225. The molecule has 3 rings (SSSR count). The van der Waals surface area contributed by atoms with Crippen LogP contribution in [0.25, 0.3) is 5.69 Å². The Labute approximate surface area is 157 Å². The Balaban J connectivity index is 1.84. The minimum atomic E-state index is -0.284. The summed E-state index contributed by atoms with van der Waals surface area (Å²) in [5, 5.41) is 9.82. The summed E-state index contributed by atoms with van der Waals surface area (Å²) in [5.41, 5.74) is 3.10. The van der Waals surface area contributed by atoms with E-state index < -0.39 is 0 Å². The van der Waals surface area contributed by atoms with Crippen LogP contribution in [0.5, 0.6) is 5.75 Å². The summed E-state index contributed by atoms with van der Waals surface area (Å²) >= 11 is 0. The van der Waals surface area contributed by atoms with E-state index in [1.54, 1.807) is 22.9 Å². The predicted octanol–water partition coefficient (Wildman–Crippen LogP) is 3.40. The number of anilines is 2. The Hall–Kier alpha value is -3.61. The van der Waals surface area contributed by atoms with Gasteiger partial charge in [0, 0.05) is 12.6 Å². The van der Waals surface area contributed by atoms with Crippen LogP contribution in [0.1, 0.15) is 23.0 Å². The fourth-order valence-electron chi connectivity index (χ4n) is 2.73. The van der Waals surface area contributed by atoms with Crippen LogP contribution in [-0.2, 0) is 4.79 Å². The van der Waals surface area contributed by atoms with Crippen LogP contribution in [-0.4, -0.2) is 28.7 Å². The summed E-state index contributed by atoms with van der Waals surface area (Å²) in [6, 6.07) is 14.6. The fraction of sp³-hybridized carbons (Fsp3) is 0.150. The van der Waals surface area contributed by atoms with Gasteiger partial charge in [-0.05, 0) is 37.3 Å². The average Bonchev–Trinajstić information content (AvgIpc) is 3.04. The van der Waals surface area contributed by atoms with Crippen LogP contribution in [0.2, 0.25) is 0 Å². The van der Waals surface area contributed by atoms with Gasteiger partial charge in [-0.15, -0.1) is 0 Å². The van der Waals surface area contributed by atoms with Gasteiger partial charge in [-0.2, -0.15) is 5.10 Å². The van der Waals surface area contributed by atoms with Crippen molar-refractivity contribution in [1.82, 2.24) is 9.78 Å². The Morgan fingerprint density at radius 3 is 2.48 bits per heavy atom. The first-order valence-corrected chi connectivity index (χ1v) is 8.36. The summed E-state index contributed by atoms with van der Waals surface area (Å²) in [7, 11) is 1.51. The number of methoxy groups -OCH3 is 1. The molecule has 7 heteroatoms. The highest BCUT2D eigenvalue weighted by Crippen LogP contribution is 2.28. The highest BCUT2D eigenvalue weighted by molar-refractivity contribution is 6.05. The quantitative estimate of drug-likeness (QED) is 0.727. The van der Waals surface area contributed by atoms with Crippen LogP contribution < -0.4 is 15.4 Å². The third-order valence-electron chi connectivity index (χ3n) is 4.02. The molecule has 1 aromatic heterocycles. The molecule has 0 spiro atoms. The van der Waals surface area contributed by atoms with Crippen molar-refractivity contribution in [2.75, 3.05) is 17.7 Å². The highest BCUT2D eigenvalue weighted by atomic mass is 16.5. The van der Waals surface area contributed by atoms with Gasteiger partial charge in [-0.25, -0.2) is 4.68 Å². The third kappa shape index (κ3) is 3.98. The molecule has 0 atom stereocenters. The molecule has 0 radical (unpaired) electrons. The van der Waals surface area contributed by atoms with Crippen molar-refractivity contribution < 1.29 is 14.3 Å². The summed E-state index contributed by atoms with van der Waals surface area (Å²) in [5.74, 6) is 0.00154. The lowest BCUT2D eigenvalue weighted by molar-refractivity contribution is -0.114. The molecule has 0 aliphatic rings. The van der Waals surface area contributed by atoms with Crippen molar-refractivity contribution in [3.63, 3.8) is 0 Å². The van der Waals surface area contributed by atoms with Gasteiger partial charge in [0.25, 0.3) is 5.91 Å². The highest BCUT2D eigenvalue weighted by Gasteiger charge is 2.16. The standard InChI is InChI=1S/C20H20N4O3/c1-13-17(12-21-24(13)16-7-5-4-6-8-16)20(26)23-15-9-10-19(27-3)18(11-15)22-14(2)25/h4-12H,1-3H3,(H,22,25)(H,23,26). The molecule has 0 saturated carbocycles. The molecule has 2 N–H and O–H groups in total. The number of para-hydroxylation sites is 1. The van der Waals surface area contributed by atoms with Crippen molar-refractivity contribution in [1.29, 1.82) is 0 Å². The minimum Gasteiger partial charge on any atom is -0.495 e. The summed E-state index contributed by atoms with van der Waals surface area (Å²) < 4.78 is 6.94. The summed E-state index contributed by atoms with van der Waals surface area (Å²) in [6.45, 7) is 3.25. The first-order valence-electron chi connectivity index (χ1n) is 8.36. The Morgan fingerprint density at radius 2 is 1.81 bits per heavy atom. The molecule has 1 heterocycles. The number of hydrogen-bond acceptors (Lipinski definition) is 4. The second-order valence-electron chi connectivity index (χ2n) is 5.94. The van der Waals surface area contributed by atoms with E-state index in [1.807, 2.05) is 37.3 Å². The lowest BCUT2D eigenvalue weighted by Gasteiger charge is -2.12. The van der Waals surface area contributed by atoms with E-state index in [2.05, 4.69) is 15.7 Å².